The van der Waals surface area contributed by atoms with E-state index >= 15 is 0 Å². The minimum Gasteiger partial charge on any atom is -0.466 e. The fraction of sp³-hybridized carbons (Fsp3) is 0.833. The maximum absolute atomic E-state index is 12.2. The van der Waals surface area contributed by atoms with E-state index in [1.165, 1.54) is 6.92 Å². The summed E-state index contributed by atoms with van der Waals surface area (Å²) in [5, 5.41) is 0. The van der Waals surface area contributed by atoms with Crippen molar-refractivity contribution < 1.29 is 28.6 Å². The van der Waals surface area contributed by atoms with Crippen LogP contribution in [0.2, 0.25) is 0 Å². The molecule has 0 N–H and O–H groups in total. The first-order valence-corrected chi connectivity index (χ1v) is 11.1. The lowest BCUT2D eigenvalue weighted by atomic mass is 9.75. The molecule has 8 heteroatoms. The highest BCUT2D eigenvalue weighted by molar-refractivity contribution is 8.21. The molecule has 148 valence electrons. The zero-order valence-corrected chi connectivity index (χ0v) is 17.3. The summed E-state index contributed by atoms with van der Waals surface area (Å²) in [6.07, 6.45) is 1.53. The molecule has 0 amide bonds. The van der Waals surface area contributed by atoms with Gasteiger partial charge in [-0.05, 0) is 38.5 Å². The Morgan fingerprint density at radius 1 is 0.923 bits per heavy atom. The highest BCUT2D eigenvalue weighted by atomic mass is 32.2. The van der Waals surface area contributed by atoms with Crippen LogP contribution in [0.15, 0.2) is 0 Å². The van der Waals surface area contributed by atoms with E-state index in [1.54, 1.807) is 13.8 Å². The van der Waals surface area contributed by atoms with Crippen LogP contribution in [0.25, 0.3) is 0 Å². The van der Waals surface area contributed by atoms with Crippen LogP contribution in [0, 0.1) is 11.8 Å². The Bertz CT molecular complexity index is 486. The molecule has 2 fully saturated rings. The van der Waals surface area contributed by atoms with Crippen molar-refractivity contribution in [2.45, 2.75) is 56.6 Å². The maximum atomic E-state index is 12.2. The van der Waals surface area contributed by atoms with Gasteiger partial charge in [-0.2, -0.15) is 0 Å². The summed E-state index contributed by atoms with van der Waals surface area (Å²) in [6, 6.07) is 0. The third kappa shape index (κ3) is 5.31. The lowest BCUT2D eigenvalue weighted by Crippen LogP contribution is -2.48. The molecule has 1 heterocycles. The lowest BCUT2D eigenvalue weighted by molar-refractivity contribution is -0.151. The van der Waals surface area contributed by atoms with Crippen LogP contribution in [0.4, 0.5) is 0 Å². The molecule has 1 aliphatic heterocycles. The van der Waals surface area contributed by atoms with Crippen molar-refractivity contribution in [3.8, 4) is 0 Å². The van der Waals surface area contributed by atoms with Gasteiger partial charge in [-0.15, -0.1) is 23.5 Å². The summed E-state index contributed by atoms with van der Waals surface area (Å²) in [4.78, 5) is 35.8. The molecule has 0 bridgehead atoms. The molecule has 1 aliphatic carbocycles. The quantitative estimate of drug-likeness (QED) is 0.473. The van der Waals surface area contributed by atoms with Gasteiger partial charge in [-0.25, -0.2) is 0 Å². The Balaban J connectivity index is 2.23. The van der Waals surface area contributed by atoms with Crippen molar-refractivity contribution in [1.82, 2.24) is 0 Å². The van der Waals surface area contributed by atoms with Crippen molar-refractivity contribution in [3.63, 3.8) is 0 Å². The molecule has 2 atom stereocenters. The predicted octanol–water partition coefficient (Wildman–Crippen LogP) is 3.03. The Kier molecular flexibility index (Phi) is 8.13. The van der Waals surface area contributed by atoms with Gasteiger partial charge in [0.25, 0.3) is 0 Å². The smallest absolute Gasteiger partial charge is 0.306 e. The van der Waals surface area contributed by atoms with E-state index < -0.39 is 0 Å². The van der Waals surface area contributed by atoms with Gasteiger partial charge in [0, 0.05) is 18.4 Å². The van der Waals surface area contributed by atoms with E-state index in [9.17, 15) is 14.4 Å². The molecule has 1 spiro atoms. The second-order valence-electron chi connectivity index (χ2n) is 6.53. The fourth-order valence-corrected chi connectivity index (χ4v) is 7.73. The first kappa shape index (κ1) is 21.4. The average molecular weight is 405 g/mol. The average Bonchev–Trinajstić information content (AvgIpc) is 3.02. The minimum atomic E-state index is -0.331. The highest BCUT2D eigenvalue weighted by Gasteiger charge is 2.54. The van der Waals surface area contributed by atoms with E-state index in [4.69, 9.17) is 14.2 Å². The molecule has 1 saturated heterocycles. The zero-order valence-electron chi connectivity index (χ0n) is 15.7. The van der Waals surface area contributed by atoms with Crippen LogP contribution in [-0.2, 0) is 28.6 Å². The fourth-order valence-electron chi connectivity index (χ4n) is 3.93. The summed E-state index contributed by atoms with van der Waals surface area (Å²) in [7, 11) is 0. The third-order valence-electron chi connectivity index (χ3n) is 4.74. The van der Waals surface area contributed by atoms with Crippen LogP contribution in [-0.4, -0.2) is 52.8 Å². The van der Waals surface area contributed by atoms with Crippen LogP contribution >= 0.6 is 23.5 Å². The van der Waals surface area contributed by atoms with Crippen molar-refractivity contribution >= 4 is 41.4 Å². The van der Waals surface area contributed by atoms with Gasteiger partial charge >= 0.3 is 17.9 Å². The number of carbonyl (C=O) groups is 3. The first-order chi connectivity index (χ1) is 12.4. The highest BCUT2D eigenvalue weighted by Crippen LogP contribution is 2.60. The molecule has 1 saturated carbocycles. The van der Waals surface area contributed by atoms with E-state index in [2.05, 4.69) is 0 Å². The second-order valence-corrected chi connectivity index (χ2v) is 9.54. The Hall–Kier alpha value is -0.890. The molecule has 0 radical (unpaired) electrons. The second kappa shape index (κ2) is 9.88. The standard InChI is InChI=1S/C18H28O6S2/c1-4-22-16(20)10-13-8-15(24-12(3)19)9-14(11-17(21)23-5-2)18(13)25-6-7-26-18/h13-15H,4-11H2,1-3H3. The normalized spacial score (nSPS) is 27.1. The molecule has 2 unspecified atom stereocenters. The SMILES string of the molecule is CCOC(=O)CC1CC(OC(C)=O)CC(CC(=O)OCC)C12SCCS2. The summed E-state index contributed by atoms with van der Waals surface area (Å²) in [5.74, 6) is 1.17. The minimum absolute atomic E-state index is 0.00317. The van der Waals surface area contributed by atoms with E-state index in [0.717, 1.165) is 11.5 Å². The monoisotopic (exact) mass is 404 g/mol. The third-order valence-corrected chi connectivity index (χ3v) is 8.76. The van der Waals surface area contributed by atoms with Gasteiger partial charge in [0.15, 0.2) is 0 Å². The number of esters is 3. The number of thioether (sulfide) groups is 2. The van der Waals surface area contributed by atoms with Gasteiger partial charge in [-0.3, -0.25) is 14.4 Å². The molecule has 0 aromatic carbocycles. The van der Waals surface area contributed by atoms with Crippen molar-refractivity contribution in [2.75, 3.05) is 24.7 Å². The predicted molar refractivity (Wildman–Crippen MR) is 102 cm³/mol. The van der Waals surface area contributed by atoms with Gasteiger partial charge in [0.1, 0.15) is 6.10 Å². The number of carbonyl (C=O) groups excluding carboxylic acids is 3. The van der Waals surface area contributed by atoms with Gasteiger partial charge in [-0.1, -0.05) is 0 Å². The Labute approximate surface area is 163 Å². The summed E-state index contributed by atoms with van der Waals surface area (Å²) >= 11 is 3.66. The Morgan fingerprint density at radius 3 is 1.77 bits per heavy atom. The summed E-state index contributed by atoms with van der Waals surface area (Å²) in [5.41, 5.74) is 0. The molecular weight excluding hydrogens is 376 g/mol. The topological polar surface area (TPSA) is 78.9 Å². The first-order valence-electron chi connectivity index (χ1n) is 9.17. The maximum Gasteiger partial charge on any atom is 0.306 e. The largest absolute Gasteiger partial charge is 0.466 e. The summed E-state index contributed by atoms with van der Waals surface area (Å²) < 4.78 is 15.6. The van der Waals surface area contributed by atoms with Crippen molar-refractivity contribution in [1.29, 1.82) is 0 Å². The molecule has 2 aliphatic rings. The molecule has 6 nitrogen and oxygen atoms in total. The van der Waals surface area contributed by atoms with E-state index in [-0.39, 0.29) is 52.8 Å². The van der Waals surface area contributed by atoms with Gasteiger partial charge in [0.05, 0.1) is 30.1 Å². The number of ether oxygens (including phenoxy) is 3. The molecular formula is C18H28O6S2. The van der Waals surface area contributed by atoms with Crippen LogP contribution in [0.5, 0.6) is 0 Å². The number of hydrogen-bond acceptors (Lipinski definition) is 8. The van der Waals surface area contributed by atoms with Crippen molar-refractivity contribution in [2.24, 2.45) is 11.8 Å². The Morgan fingerprint density at radius 2 is 1.38 bits per heavy atom. The molecule has 26 heavy (non-hydrogen) atoms. The summed E-state index contributed by atoms with van der Waals surface area (Å²) in [6.45, 7) is 5.67. The van der Waals surface area contributed by atoms with Crippen LogP contribution in [0.3, 0.4) is 0 Å². The van der Waals surface area contributed by atoms with E-state index in [1.807, 2.05) is 23.5 Å². The number of hydrogen-bond donors (Lipinski definition) is 0. The van der Waals surface area contributed by atoms with Crippen molar-refractivity contribution in [3.05, 3.63) is 0 Å². The molecule has 2 rings (SSSR count). The molecule has 0 aromatic heterocycles. The van der Waals surface area contributed by atoms with Gasteiger partial charge in [0.2, 0.25) is 0 Å². The van der Waals surface area contributed by atoms with E-state index in [0.29, 0.717) is 26.1 Å². The van der Waals surface area contributed by atoms with Gasteiger partial charge < -0.3 is 14.2 Å². The zero-order chi connectivity index (χ0) is 19.2. The number of rotatable bonds is 7. The van der Waals surface area contributed by atoms with Crippen LogP contribution < -0.4 is 0 Å². The lowest BCUT2D eigenvalue weighted by Gasteiger charge is -2.48. The molecule has 0 aromatic rings. The van der Waals surface area contributed by atoms with Crippen LogP contribution in [0.1, 0.15) is 46.5 Å².